The quantitative estimate of drug-likeness (QED) is 0.467. The van der Waals surface area contributed by atoms with Crippen LogP contribution in [0.2, 0.25) is 0 Å². The normalized spacial score (nSPS) is 17.7. The van der Waals surface area contributed by atoms with Crippen LogP contribution in [0.3, 0.4) is 0 Å². The summed E-state index contributed by atoms with van der Waals surface area (Å²) in [5, 5.41) is 5.38. The SMILES string of the molecule is FCC(C1CCN(c2nc3cccnc3o2)C1)n1cc(-c2ncnc3[nH]ccc23)cn1. The highest BCUT2D eigenvalue weighted by Gasteiger charge is 2.33. The first kappa shape index (κ1) is 18.0. The first-order chi connectivity index (χ1) is 15.3. The van der Waals surface area contributed by atoms with Crippen LogP contribution in [-0.2, 0) is 0 Å². The van der Waals surface area contributed by atoms with E-state index in [1.54, 1.807) is 17.1 Å². The van der Waals surface area contributed by atoms with E-state index in [0.717, 1.165) is 40.8 Å². The van der Waals surface area contributed by atoms with Crippen LogP contribution in [-0.4, -0.2) is 54.5 Å². The molecule has 0 bridgehead atoms. The van der Waals surface area contributed by atoms with Crippen molar-refractivity contribution < 1.29 is 8.81 Å². The maximum Gasteiger partial charge on any atom is 0.299 e. The van der Waals surface area contributed by atoms with Crippen LogP contribution in [0.5, 0.6) is 0 Å². The number of oxazole rings is 1. The van der Waals surface area contributed by atoms with Crippen LogP contribution < -0.4 is 4.90 Å². The summed E-state index contributed by atoms with van der Waals surface area (Å²) < 4.78 is 21.7. The van der Waals surface area contributed by atoms with Gasteiger partial charge in [0.1, 0.15) is 24.2 Å². The standard InChI is InChI=1S/C21H19FN8O/c22-8-17(13-4-7-29(10-13)21-28-16-2-1-5-24-20(16)31-21)30-11-14(9-27-30)18-15-3-6-23-19(15)26-12-25-18/h1-3,5-6,9,11-13,17H,4,7-8,10H2,(H,23,25,26). The van der Waals surface area contributed by atoms with Gasteiger partial charge in [0.15, 0.2) is 0 Å². The topological polar surface area (TPSA) is 102 Å². The zero-order chi connectivity index (χ0) is 20.8. The highest BCUT2D eigenvalue weighted by Crippen LogP contribution is 2.33. The lowest BCUT2D eigenvalue weighted by atomic mass is 10.0. The van der Waals surface area contributed by atoms with Gasteiger partial charge < -0.3 is 14.3 Å². The monoisotopic (exact) mass is 418 g/mol. The molecular formula is C21H19FN8O. The van der Waals surface area contributed by atoms with Crippen LogP contribution in [0.4, 0.5) is 10.4 Å². The fraction of sp³-hybridized carbons (Fsp3) is 0.286. The lowest BCUT2D eigenvalue weighted by molar-refractivity contribution is 0.256. The molecule has 0 amide bonds. The third kappa shape index (κ3) is 3.02. The Morgan fingerprint density at radius 2 is 2.23 bits per heavy atom. The van der Waals surface area contributed by atoms with Gasteiger partial charge in [-0.1, -0.05) is 0 Å². The van der Waals surface area contributed by atoms with E-state index in [1.807, 2.05) is 35.5 Å². The number of rotatable bonds is 5. The number of anilines is 1. The zero-order valence-electron chi connectivity index (χ0n) is 16.5. The molecule has 10 heteroatoms. The van der Waals surface area contributed by atoms with Gasteiger partial charge in [-0.2, -0.15) is 10.1 Å². The Morgan fingerprint density at radius 3 is 3.13 bits per heavy atom. The number of H-pyrrole nitrogens is 1. The van der Waals surface area contributed by atoms with Gasteiger partial charge in [-0.25, -0.2) is 19.3 Å². The average Bonchev–Trinajstić information content (AvgIpc) is 3.59. The van der Waals surface area contributed by atoms with Crippen molar-refractivity contribution in [3.8, 4) is 11.3 Å². The van der Waals surface area contributed by atoms with Crippen LogP contribution in [0.1, 0.15) is 12.5 Å². The summed E-state index contributed by atoms with van der Waals surface area (Å²) in [5.41, 5.74) is 3.62. The summed E-state index contributed by atoms with van der Waals surface area (Å²) in [5.74, 6) is 0.0819. The van der Waals surface area contributed by atoms with Gasteiger partial charge in [-0.3, -0.25) is 4.68 Å². The first-order valence-corrected chi connectivity index (χ1v) is 10.2. The molecule has 31 heavy (non-hydrogen) atoms. The largest absolute Gasteiger partial charge is 0.404 e. The lowest BCUT2D eigenvalue weighted by Gasteiger charge is -2.21. The summed E-state index contributed by atoms with van der Waals surface area (Å²) in [6.45, 7) is 0.891. The van der Waals surface area contributed by atoms with Crippen LogP contribution in [0, 0.1) is 5.92 Å². The van der Waals surface area contributed by atoms with Gasteiger partial charge in [-0.05, 0) is 24.6 Å². The molecule has 156 valence electrons. The van der Waals surface area contributed by atoms with Crippen molar-refractivity contribution in [2.45, 2.75) is 12.5 Å². The van der Waals surface area contributed by atoms with Crippen molar-refractivity contribution in [3.05, 3.63) is 49.3 Å². The second kappa shape index (κ2) is 7.15. The smallest absolute Gasteiger partial charge is 0.299 e. The summed E-state index contributed by atoms with van der Waals surface area (Å²) >= 11 is 0. The van der Waals surface area contributed by atoms with Gasteiger partial charge in [-0.15, -0.1) is 0 Å². The Labute approximate surface area is 176 Å². The van der Waals surface area contributed by atoms with Crippen molar-refractivity contribution in [1.29, 1.82) is 0 Å². The number of nitrogens with zero attached hydrogens (tertiary/aromatic N) is 7. The van der Waals surface area contributed by atoms with Gasteiger partial charge in [0.2, 0.25) is 5.71 Å². The molecule has 6 heterocycles. The number of fused-ring (bicyclic) bond motifs is 2. The Kier molecular flexibility index (Phi) is 4.15. The van der Waals surface area contributed by atoms with Gasteiger partial charge >= 0.3 is 0 Å². The second-order valence-corrected chi connectivity index (χ2v) is 7.71. The molecule has 6 rings (SSSR count). The number of alkyl halides is 1. The predicted octanol–water partition coefficient (Wildman–Crippen LogP) is 3.39. The van der Waals surface area contributed by atoms with Crippen LogP contribution >= 0.6 is 0 Å². The van der Waals surface area contributed by atoms with E-state index in [2.05, 4.69) is 30.0 Å². The highest BCUT2D eigenvalue weighted by atomic mass is 19.1. The highest BCUT2D eigenvalue weighted by molar-refractivity contribution is 5.89. The van der Waals surface area contributed by atoms with E-state index >= 15 is 0 Å². The third-order valence-corrected chi connectivity index (χ3v) is 5.92. The molecule has 1 fully saturated rings. The number of hydrogen-bond acceptors (Lipinski definition) is 7. The minimum absolute atomic E-state index is 0.0819. The van der Waals surface area contributed by atoms with Crippen LogP contribution in [0.15, 0.2) is 53.7 Å². The molecule has 5 aromatic heterocycles. The van der Waals surface area contributed by atoms with Crippen molar-refractivity contribution in [2.75, 3.05) is 24.7 Å². The molecule has 0 saturated carbocycles. The van der Waals surface area contributed by atoms with Crippen molar-refractivity contribution in [1.82, 2.24) is 34.7 Å². The van der Waals surface area contributed by atoms with Crippen LogP contribution in [0.25, 0.3) is 33.5 Å². The molecule has 0 aromatic carbocycles. The van der Waals surface area contributed by atoms with Gasteiger partial charge in [0.05, 0.1) is 17.9 Å². The molecule has 1 aliphatic rings. The molecule has 2 atom stereocenters. The second-order valence-electron chi connectivity index (χ2n) is 7.71. The number of nitrogens with one attached hydrogen (secondary N) is 1. The maximum atomic E-state index is 14.1. The molecule has 0 radical (unpaired) electrons. The van der Waals surface area contributed by atoms with Crippen molar-refractivity contribution >= 4 is 28.3 Å². The van der Waals surface area contributed by atoms with Gasteiger partial charge in [0, 0.05) is 48.5 Å². The number of hydrogen-bond donors (Lipinski definition) is 1. The molecule has 5 aromatic rings. The van der Waals surface area contributed by atoms with Crippen molar-refractivity contribution in [3.63, 3.8) is 0 Å². The molecule has 1 N–H and O–H groups in total. The molecule has 1 aliphatic heterocycles. The van der Waals surface area contributed by atoms with Gasteiger partial charge in [0.25, 0.3) is 6.01 Å². The number of aromatic amines is 1. The molecular weight excluding hydrogens is 399 g/mol. The molecule has 0 spiro atoms. The molecule has 1 saturated heterocycles. The Hall–Kier alpha value is -3.82. The Bertz CT molecular complexity index is 1320. The number of aromatic nitrogens is 7. The van der Waals surface area contributed by atoms with E-state index in [9.17, 15) is 4.39 Å². The summed E-state index contributed by atoms with van der Waals surface area (Å²) in [7, 11) is 0. The van der Waals surface area contributed by atoms with E-state index in [0.29, 0.717) is 18.3 Å². The maximum absolute atomic E-state index is 14.1. The number of halogens is 1. The minimum Gasteiger partial charge on any atom is -0.404 e. The van der Waals surface area contributed by atoms with E-state index < -0.39 is 6.67 Å². The Morgan fingerprint density at radius 1 is 1.26 bits per heavy atom. The zero-order valence-corrected chi connectivity index (χ0v) is 16.5. The average molecular weight is 418 g/mol. The lowest BCUT2D eigenvalue weighted by Crippen LogP contribution is -2.26. The third-order valence-electron chi connectivity index (χ3n) is 5.92. The first-order valence-electron chi connectivity index (χ1n) is 10.2. The Balaban J connectivity index is 1.25. The van der Waals surface area contributed by atoms with E-state index in [-0.39, 0.29) is 12.0 Å². The summed E-state index contributed by atoms with van der Waals surface area (Å²) in [4.78, 5) is 22.5. The van der Waals surface area contributed by atoms with E-state index in [1.165, 1.54) is 6.33 Å². The summed E-state index contributed by atoms with van der Waals surface area (Å²) in [6.07, 6.45) is 9.44. The fourth-order valence-corrected chi connectivity index (χ4v) is 4.33. The number of pyridine rings is 1. The fourth-order valence-electron chi connectivity index (χ4n) is 4.33. The van der Waals surface area contributed by atoms with E-state index in [4.69, 9.17) is 4.42 Å². The predicted molar refractivity (Wildman–Crippen MR) is 112 cm³/mol. The molecule has 2 unspecified atom stereocenters. The molecule has 9 nitrogen and oxygen atoms in total. The van der Waals surface area contributed by atoms with Crippen molar-refractivity contribution in [2.24, 2.45) is 5.92 Å². The summed E-state index contributed by atoms with van der Waals surface area (Å²) in [6, 6.07) is 5.79. The molecule has 0 aliphatic carbocycles. The minimum atomic E-state index is -0.502.